The number of aromatic nitrogens is 5. The quantitative estimate of drug-likeness (QED) is 0.336. The number of rotatable bonds is 7. The number of anilines is 1. The van der Waals surface area contributed by atoms with Gasteiger partial charge in [0.2, 0.25) is 0 Å². The Hall–Kier alpha value is -4.50. The Balaban J connectivity index is 1.40. The van der Waals surface area contributed by atoms with Crippen molar-refractivity contribution in [3.63, 3.8) is 0 Å². The van der Waals surface area contributed by atoms with Gasteiger partial charge in [0.15, 0.2) is 5.82 Å². The fourth-order valence-corrected chi connectivity index (χ4v) is 5.71. The molecule has 1 N–H and O–H groups in total. The normalized spacial score (nSPS) is 14.9. The van der Waals surface area contributed by atoms with Crippen LogP contribution in [0.4, 0.5) is 5.69 Å². The van der Waals surface area contributed by atoms with Crippen LogP contribution in [0.15, 0.2) is 77.6 Å². The highest BCUT2D eigenvalue weighted by atomic mass is 16.5. The average Bonchev–Trinajstić information content (AvgIpc) is 3.42. The maximum atomic E-state index is 13.7. The highest BCUT2D eigenvalue weighted by molar-refractivity contribution is 5.83. The molecular formula is C31H33N7O2. The summed E-state index contributed by atoms with van der Waals surface area (Å²) in [5, 5.41) is 13.9. The number of fused-ring (bicyclic) bond motifs is 1. The molecule has 0 spiro atoms. The first-order chi connectivity index (χ1) is 19.5. The summed E-state index contributed by atoms with van der Waals surface area (Å²) in [6.07, 6.45) is 0. The first-order valence-corrected chi connectivity index (χ1v) is 13.6. The lowest BCUT2D eigenvalue weighted by Crippen LogP contribution is -2.49. The topological polar surface area (TPSA) is 92.2 Å². The van der Waals surface area contributed by atoms with Gasteiger partial charge in [-0.1, -0.05) is 42.0 Å². The molecule has 1 atom stereocenters. The third-order valence-electron chi connectivity index (χ3n) is 7.71. The van der Waals surface area contributed by atoms with Gasteiger partial charge in [-0.3, -0.25) is 9.69 Å². The Morgan fingerprint density at radius 3 is 2.42 bits per heavy atom. The smallest absolute Gasteiger partial charge is 0.253 e. The number of H-pyrrole nitrogens is 1. The number of piperazine rings is 1. The number of benzene rings is 3. The van der Waals surface area contributed by atoms with Gasteiger partial charge in [0.05, 0.1) is 19.2 Å². The van der Waals surface area contributed by atoms with Crippen LogP contribution in [-0.4, -0.2) is 63.4 Å². The largest absolute Gasteiger partial charge is 0.497 e. The zero-order chi connectivity index (χ0) is 27.6. The van der Waals surface area contributed by atoms with E-state index >= 15 is 0 Å². The molecule has 40 heavy (non-hydrogen) atoms. The second kappa shape index (κ2) is 10.9. The van der Waals surface area contributed by atoms with E-state index < -0.39 is 6.04 Å². The SMILES string of the molecule is COc1ccc(Cn2nnnc2[C@H](c2cc3cc(C)cc(C)c3[nH]c2=O)N2CCN(c3ccccc3)CC2)cc1. The van der Waals surface area contributed by atoms with Gasteiger partial charge >= 0.3 is 0 Å². The average molecular weight is 536 g/mol. The van der Waals surface area contributed by atoms with E-state index in [2.05, 4.69) is 73.6 Å². The summed E-state index contributed by atoms with van der Waals surface area (Å²) in [6.45, 7) is 7.79. The fraction of sp³-hybridized carbons (Fsp3) is 0.290. The van der Waals surface area contributed by atoms with Crippen LogP contribution < -0.4 is 15.2 Å². The molecule has 0 saturated carbocycles. The van der Waals surface area contributed by atoms with E-state index in [4.69, 9.17) is 4.74 Å². The monoisotopic (exact) mass is 535 g/mol. The van der Waals surface area contributed by atoms with Crippen molar-refractivity contribution in [1.82, 2.24) is 30.1 Å². The molecule has 3 aromatic carbocycles. The number of nitrogens with one attached hydrogen (secondary N) is 1. The number of methoxy groups -OCH3 is 1. The molecule has 6 rings (SSSR count). The number of nitrogens with zero attached hydrogens (tertiary/aromatic N) is 6. The molecule has 204 valence electrons. The molecule has 9 heteroatoms. The maximum absolute atomic E-state index is 13.7. The van der Waals surface area contributed by atoms with Crippen LogP contribution in [0.25, 0.3) is 10.9 Å². The lowest BCUT2D eigenvalue weighted by molar-refractivity contribution is 0.200. The van der Waals surface area contributed by atoms with E-state index in [9.17, 15) is 4.79 Å². The molecular weight excluding hydrogens is 502 g/mol. The Morgan fingerprint density at radius 2 is 1.70 bits per heavy atom. The second-order valence-electron chi connectivity index (χ2n) is 10.4. The summed E-state index contributed by atoms with van der Waals surface area (Å²) in [4.78, 5) is 21.6. The molecule has 1 aliphatic rings. The number of aryl methyl sites for hydroxylation is 2. The second-order valence-corrected chi connectivity index (χ2v) is 10.4. The van der Waals surface area contributed by atoms with Gasteiger partial charge in [-0.15, -0.1) is 5.10 Å². The van der Waals surface area contributed by atoms with Crippen LogP contribution >= 0.6 is 0 Å². The Labute approximate surface area is 233 Å². The van der Waals surface area contributed by atoms with Crippen LogP contribution in [-0.2, 0) is 6.54 Å². The fourth-order valence-electron chi connectivity index (χ4n) is 5.71. The number of tetrazole rings is 1. The molecule has 0 unspecified atom stereocenters. The molecule has 0 aliphatic carbocycles. The van der Waals surface area contributed by atoms with Gasteiger partial charge in [-0.25, -0.2) is 4.68 Å². The zero-order valence-electron chi connectivity index (χ0n) is 23.0. The number of aromatic amines is 1. The van der Waals surface area contributed by atoms with Crippen LogP contribution in [0.3, 0.4) is 0 Å². The third-order valence-corrected chi connectivity index (χ3v) is 7.71. The van der Waals surface area contributed by atoms with Gasteiger partial charge < -0.3 is 14.6 Å². The minimum absolute atomic E-state index is 0.117. The van der Waals surface area contributed by atoms with E-state index in [1.165, 1.54) is 5.69 Å². The van der Waals surface area contributed by atoms with Crippen molar-refractivity contribution in [2.45, 2.75) is 26.4 Å². The first kappa shape index (κ1) is 25.8. The van der Waals surface area contributed by atoms with Crippen LogP contribution in [0.1, 0.15) is 34.1 Å². The van der Waals surface area contributed by atoms with Gasteiger partial charge in [0.25, 0.3) is 5.56 Å². The van der Waals surface area contributed by atoms with Gasteiger partial charge in [0.1, 0.15) is 11.8 Å². The minimum atomic E-state index is -0.403. The standard InChI is InChI=1S/C31H33N7O2/c1-21-17-22(2)28-24(18-21)19-27(31(39)32-28)29(37-15-13-36(14-16-37)25-7-5-4-6-8-25)30-33-34-35-38(30)20-23-9-11-26(40-3)12-10-23/h4-12,17-19,29H,13-16,20H2,1-3H3,(H,32,39)/t29-/m0/s1. The molecule has 1 fully saturated rings. The summed E-state index contributed by atoms with van der Waals surface area (Å²) >= 11 is 0. The van der Waals surface area contributed by atoms with Crippen molar-refractivity contribution in [2.75, 3.05) is 38.2 Å². The van der Waals surface area contributed by atoms with Crippen LogP contribution in [0.2, 0.25) is 0 Å². The molecule has 0 amide bonds. The van der Waals surface area contributed by atoms with E-state index in [0.717, 1.165) is 59.5 Å². The van der Waals surface area contributed by atoms with Gasteiger partial charge in [-0.2, -0.15) is 0 Å². The number of ether oxygens (including phenoxy) is 1. The molecule has 1 saturated heterocycles. The molecule has 5 aromatic rings. The van der Waals surface area contributed by atoms with Gasteiger partial charge in [0, 0.05) is 37.4 Å². The van der Waals surface area contributed by atoms with Crippen molar-refractivity contribution < 1.29 is 4.74 Å². The number of pyridine rings is 1. The lowest BCUT2D eigenvalue weighted by atomic mass is 10.00. The van der Waals surface area contributed by atoms with E-state index in [0.29, 0.717) is 17.9 Å². The lowest BCUT2D eigenvalue weighted by Gasteiger charge is -2.39. The highest BCUT2D eigenvalue weighted by Gasteiger charge is 2.33. The molecule has 0 bridgehead atoms. The predicted molar refractivity (Wildman–Crippen MR) is 156 cm³/mol. The minimum Gasteiger partial charge on any atom is -0.497 e. The van der Waals surface area contributed by atoms with Crippen molar-refractivity contribution in [3.8, 4) is 5.75 Å². The molecule has 9 nitrogen and oxygen atoms in total. The van der Waals surface area contributed by atoms with Gasteiger partial charge in [-0.05, 0) is 77.2 Å². The Morgan fingerprint density at radius 1 is 0.950 bits per heavy atom. The Bertz CT molecular complexity index is 1670. The van der Waals surface area contributed by atoms with Crippen molar-refractivity contribution >= 4 is 16.6 Å². The number of hydrogen-bond donors (Lipinski definition) is 1. The molecule has 1 aliphatic heterocycles. The summed E-state index contributed by atoms with van der Waals surface area (Å²) in [7, 11) is 1.65. The Kier molecular flexibility index (Phi) is 7.04. The zero-order valence-corrected chi connectivity index (χ0v) is 23.0. The number of hydrogen-bond acceptors (Lipinski definition) is 7. The van der Waals surface area contributed by atoms with E-state index in [1.807, 2.05) is 43.3 Å². The van der Waals surface area contributed by atoms with Crippen molar-refractivity contribution in [3.05, 3.63) is 111 Å². The van der Waals surface area contributed by atoms with E-state index in [1.54, 1.807) is 11.8 Å². The highest BCUT2D eigenvalue weighted by Crippen LogP contribution is 2.30. The summed E-state index contributed by atoms with van der Waals surface area (Å²) in [6, 6.07) is 24.1. The predicted octanol–water partition coefficient (Wildman–Crippen LogP) is 4.10. The molecule has 3 heterocycles. The first-order valence-electron chi connectivity index (χ1n) is 13.6. The summed E-state index contributed by atoms with van der Waals surface area (Å²) < 4.78 is 7.12. The van der Waals surface area contributed by atoms with Crippen molar-refractivity contribution in [1.29, 1.82) is 0 Å². The summed E-state index contributed by atoms with van der Waals surface area (Å²) in [5.41, 5.74) is 5.85. The van der Waals surface area contributed by atoms with Crippen molar-refractivity contribution in [2.24, 2.45) is 0 Å². The maximum Gasteiger partial charge on any atom is 0.253 e. The summed E-state index contributed by atoms with van der Waals surface area (Å²) in [5.74, 6) is 1.45. The third kappa shape index (κ3) is 5.08. The molecule has 2 aromatic heterocycles. The number of para-hydroxylation sites is 1. The van der Waals surface area contributed by atoms with Crippen LogP contribution in [0.5, 0.6) is 5.75 Å². The molecule has 0 radical (unpaired) electrons. The van der Waals surface area contributed by atoms with Crippen LogP contribution in [0, 0.1) is 13.8 Å². The van der Waals surface area contributed by atoms with E-state index in [-0.39, 0.29) is 5.56 Å².